The lowest BCUT2D eigenvalue weighted by molar-refractivity contribution is 0.118. The van der Waals surface area contributed by atoms with Gasteiger partial charge in [0.05, 0.1) is 12.3 Å². The predicted octanol–water partition coefficient (Wildman–Crippen LogP) is 2.85. The first-order chi connectivity index (χ1) is 10.4. The highest BCUT2D eigenvalue weighted by Crippen LogP contribution is 2.19. The van der Waals surface area contributed by atoms with Crippen molar-refractivity contribution in [1.82, 2.24) is 19.9 Å². The zero-order valence-corrected chi connectivity index (χ0v) is 12.4. The second-order valence-electron chi connectivity index (χ2n) is 5.44. The highest BCUT2D eigenvalue weighted by atomic mass is 16.5. The van der Waals surface area contributed by atoms with Crippen molar-refractivity contribution in [3.63, 3.8) is 0 Å². The van der Waals surface area contributed by atoms with E-state index in [1.165, 1.54) is 0 Å². The molecule has 0 bridgehead atoms. The minimum Gasteiger partial charge on any atom is -0.497 e. The molecule has 0 saturated carbocycles. The molecule has 0 aliphatic carbocycles. The van der Waals surface area contributed by atoms with Gasteiger partial charge in [-0.2, -0.15) is 0 Å². The van der Waals surface area contributed by atoms with Gasteiger partial charge in [-0.15, -0.1) is 10.2 Å². The lowest BCUT2D eigenvalue weighted by Gasteiger charge is -2.23. The first kappa shape index (κ1) is 14.1. The molecule has 0 radical (unpaired) electrons. The van der Waals surface area contributed by atoms with Gasteiger partial charge in [0, 0.05) is 12.7 Å². The summed E-state index contributed by atoms with van der Waals surface area (Å²) in [6, 6.07) is 6.19. The summed E-state index contributed by atoms with van der Waals surface area (Å²) in [5.74, 6) is 0.985. The summed E-state index contributed by atoms with van der Waals surface area (Å²) in [5.41, 5.74) is 0.896. The number of fused-ring (bicyclic) bond motifs is 1. The van der Waals surface area contributed by atoms with Crippen molar-refractivity contribution in [2.75, 3.05) is 6.54 Å². The van der Waals surface area contributed by atoms with Crippen molar-refractivity contribution in [3.05, 3.63) is 42.6 Å². The van der Waals surface area contributed by atoms with Crippen molar-refractivity contribution in [2.24, 2.45) is 0 Å². The Kier molecular flexibility index (Phi) is 4.50. The van der Waals surface area contributed by atoms with Gasteiger partial charge in [-0.25, -0.2) is 0 Å². The molecule has 0 spiro atoms. The Hall–Kier alpha value is -1.88. The monoisotopic (exact) mass is 286 g/mol. The normalized spacial score (nSPS) is 19.6. The van der Waals surface area contributed by atoms with Crippen LogP contribution in [0.15, 0.2) is 36.7 Å². The molecule has 5 heteroatoms. The Morgan fingerprint density at radius 1 is 1.43 bits per heavy atom. The van der Waals surface area contributed by atoms with Crippen LogP contribution in [0, 0.1) is 0 Å². The summed E-state index contributed by atoms with van der Waals surface area (Å²) in [5, 5.41) is 12.2. The minimum absolute atomic E-state index is 0.210. The first-order valence-corrected chi connectivity index (χ1v) is 7.72. The van der Waals surface area contributed by atoms with Gasteiger partial charge in [0.2, 0.25) is 0 Å². The first-order valence-electron chi connectivity index (χ1n) is 7.72. The highest BCUT2D eigenvalue weighted by molar-refractivity contribution is 5.37. The fourth-order valence-electron chi connectivity index (χ4n) is 2.72. The predicted molar refractivity (Wildman–Crippen MR) is 81.9 cm³/mol. The maximum atomic E-state index is 5.63. The lowest BCUT2D eigenvalue weighted by atomic mass is 10.1. The summed E-state index contributed by atoms with van der Waals surface area (Å²) in [4.78, 5) is 0. The Balaban J connectivity index is 1.72. The number of hydrogen-bond acceptors (Lipinski definition) is 4. The molecule has 3 rings (SSSR count). The van der Waals surface area contributed by atoms with E-state index in [4.69, 9.17) is 4.74 Å². The number of nitrogens with one attached hydrogen (secondary N) is 1. The third kappa shape index (κ3) is 3.24. The summed E-state index contributed by atoms with van der Waals surface area (Å²) in [6.07, 6.45) is 10.5. The van der Waals surface area contributed by atoms with Crippen LogP contribution in [0.2, 0.25) is 0 Å². The SMILES string of the molecule is CCC[C@H](NC[C@@H]1CCC=CO1)c1nnc2ccccn12. The molecular weight excluding hydrogens is 264 g/mol. The molecule has 112 valence electrons. The third-order valence-electron chi connectivity index (χ3n) is 3.84. The van der Waals surface area contributed by atoms with E-state index >= 15 is 0 Å². The van der Waals surface area contributed by atoms with Crippen molar-refractivity contribution >= 4 is 5.65 Å². The minimum atomic E-state index is 0.210. The molecule has 3 heterocycles. The van der Waals surface area contributed by atoms with E-state index in [1.54, 1.807) is 0 Å². The molecule has 2 aromatic rings. The van der Waals surface area contributed by atoms with E-state index in [1.807, 2.05) is 30.7 Å². The molecule has 0 unspecified atom stereocenters. The van der Waals surface area contributed by atoms with Crippen LogP contribution in [0.1, 0.15) is 44.5 Å². The van der Waals surface area contributed by atoms with Gasteiger partial charge in [0.1, 0.15) is 6.10 Å². The average Bonchev–Trinajstić information content (AvgIpc) is 2.96. The molecule has 2 aromatic heterocycles. The van der Waals surface area contributed by atoms with Crippen LogP contribution in [0.25, 0.3) is 5.65 Å². The van der Waals surface area contributed by atoms with Crippen LogP contribution >= 0.6 is 0 Å². The topological polar surface area (TPSA) is 51.5 Å². The quantitative estimate of drug-likeness (QED) is 0.887. The van der Waals surface area contributed by atoms with Crippen molar-refractivity contribution in [3.8, 4) is 0 Å². The van der Waals surface area contributed by atoms with Crippen LogP contribution in [-0.2, 0) is 4.74 Å². The van der Waals surface area contributed by atoms with Crippen molar-refractivity contribution in [1.29, 1.82) is 0 Å². The molecular formula is C16H22N4O. The molecule has 0 amide bonds. The summed E-state index contributed by atoms with van der Waals surface area (Å²) in [7, 11) is 0. The maximum absolute atomic E-state index is 5.63. The van der Waals surface area contributed by atoms with Gasteiger partial charge in [-0.05, 0) is 37.5 Å². The third-order valence-corrected chi connectivity index (χ3v) is 3.84. The Labute approximate surface area is 125 Å². The number of rotatable bonds is 6. The Morgan fingerprint density at radius 3 is 3.19 bits per heavy atom. The van der Waals surface area contributed by atoms with Crippen molar-refractivity contribution < 1.29 is 4.74 Å². The highest BCUT2D eigenvalue weighted by Gasteiger charge is 2.19. The van der Waals surface area contributed by atoms with E-state index in [0.29, 0.717) is 0 Å². The fourth-order valence-corrected chi connectivity index (χ4v) is 2.72. The second kappa shape index (κ2) is 6.72. The summed E-state index contributed by atoms with van der Waals surface area (Å²) < 4.78 is 7.69. The molecule has 5 nitrogen and oxygen atoms in total. The molecule has 0 saturated heterocycles. The zero-order chi connectivity index (χ0) is 14.5. The Morgan fingerprint density at radius 2 is 2.38 bits per heavy atom. The van der Waals surface area contributed by atoms with Crippen LogP contribution in [0.5, 0.6) is 0 Å². The van der Waals surface area contributed by atoms with E-state index in [0.717, 1.165) is 43.7 Å². The van der Waals surface area contributed by atoms with E-state index < -0.39 is 0 Å². The van der Waals surface area contributed by atoms with E-state index in [2.05, 4.69) is 32.9 Å². The van der Waals surface area contributed by atoms with Crippen molar-refractivity contribution in [2.45, 2.75) is 44.8 Å². The van der Waals surface area contributed by atoms with Gasteiger partial charge < -0.3 is 10.1 Å². The molecule has 0 aromatic carbocycles. The van der Waals surface area contributed by atoms with Gasteiger partial charge in [-0.1, -0.05) is 19.4 Å². The average molecular weight is 286 g/mol. The van der Waals surface area contributed by atoms with E-state index in [-0.39, 0.29) is 12.1 Å². The number of ether oxygens (including phenoxy) is 1. The van der Waals surface area contributed by atoms with Gasteiger partial charge in [0.25, 0.3) is 0 Å². The largest absolute Gasteiger partial charge is 0.497 e. The van der Waals surface area contributed by atoms with Crippen LogP contribution < -0.4 is 5.32 Å². The number of hydrogen-bond donors (Lipinski definition) is 1. The summed E-state index contributed by atoms with van der Waals surface area (Å²) >= 11 is 0. The van der Waals surface area contributed by atoms with Crippen LogP contribution in [-0.4, -0.2) is 27.2 Å². The molecule has 2 atom stereocenters. The molecule has 1 aliphatic rings. The number of pyridine rings is 1. The van der Waals surface area contributed by atoms with Crippen LogP contribution in [0.4, 0.5) is 0 Å². The number of aromatic nitrogens is 3. The fraction of sp³-hybridized carbons (Fsp3) is 0.500. The second-order valence-corrected chi connectivity index (χ2v) is 5.44. The molecule has 0 fully saturated rings. The number of nitrogens with zero attached hydrogens (tertiary/aromatic N) is 3. The standard InChI is InChI=1S/C16H22N4O/c1-2-7-14(17-12-13-8-4-6-11-21-13)16-19-18-15-9-3-5-10-20(15)16/h3,5-6,9-11,13-14,17H,2,4,7-8,12H2,1H3/t13-,14-/m0/s1. The number of allylic oxidation sites excluding steroid dienone is 1. The molecule has 1 N–H and O–H groups in total. The van der Waals surface area contributed by atoms with Gasteiger partial charge in [0.15, 0.2) is 11.5 Å². The summed E-state index contributed by atoms with van der Waals surface area (Å²) in [6.45, 7) is 3.04. The smallest absolute Gasteiger partial charge is 0.160 e. The molecule has 1 aliphatic heterocycles. The molecule has 21 heavy (non-hydrogen) atoms. The lowest BCUT2D eigenvalue weighted by Crippen LogP contribution is -2.33. The van der Waals surface area contributed by atoms with Gasteiger partial charge in [-0.3, -0.25) is 4.40 Å². The Bertz CT molecular complexity index is 607. The van der Waals surface area contributed by atoms with Crippen LogP contribution in [0.3, 0.4) is 0 Å². The van der Waals surface area contributed by atoms with Gasteiger partial charge >= 0.3 is 0 Å². The zero-order valence-electron chi connectivity index (χ0n) is 12.4. The maximum Gasteiger partial charge on any atom is 0.160 e. The van der Waals surface area contributed by atoms with E-state index in [9.17, 15) is 0 Å².